The monoisotopic (exact) mass is 258 g/mol. The Morgan fingerprint density at radius 1 is 1.31 bits per heavy atom. The standard InChI is InChI=1S/C13H16Cl2O/c1-3-5-6-7-10-8-11(14)9-12(15)13(10)16-4-2/h3,5,8-9H,4,6-7H2,1-2H3/b5-3-. The lowest BCUT2D eigenvalue weighted by molar-refractivity contribution is 0.337. The van der Waals surface area contributed by atoms with Crippen molar-refractivity contribution in [2.45, 2.75) is 26.7 Å². The van der Waals surface area contributed by atoms with Gasteiger partial charge in [0.2, 0.25) is 0 Å². The molecule has 0 atom stereocenters. The molecule has 1 aromatic carbocycles. The highest BCUT2D eigenvalue weighted by atomic mass is 35.5. The van der Waals surface area contributed by atoms with Gasteiger partial charge in [-0.2, -0.15) is 0 Å². The number of allylic oxidation sites excluding steroid dienone is 2. The van der Waals surface area contributed by atoms with Crippen molar-refractivity contribution >= 4 is 23.2 Å². The summed E-state index contributed by atoms with van der Waals surface area (Å²) in [6, 6.07) is 3.63. The lowest BCUT2D eigenvalue weighted by Gasteiger charge is -2.12. The minimum atomic E-state index is 0.588. The zero-order valence-electron chi connectivity index (χ0n) is 9.59. The van der Waals surface area contributed by atoms with E-state index in [4.69, 9.17) is 27.9 Å². The molecule has 0 amide bonds. The molecule has 0 heterocycles. The maximum Gasteiger partial charge on any atom is 0.141 e. The topological polar surface area (TPSA) is 9.23 Å². The Morgan fingerprint density at radius 3 is 2.69 bits per heavy atom. The molecule has 0 aliphatic heterocycles. The zero-order chi connectivity index (χ0) is 12.0. The maximum absolute atomic E-state index is 6.10. The number of halogens is 2. The number of hydrogen-bond acceptors (Lipinski definition) is 1. The zero-order valence-corrected chi connectivity index (χ0v) is 11.1. The van der Waals surface area contributed by atoms with E-state index in [1.54, 1.807) is 6.07 Å². The largest absolute Gasteiger partial charge is 0.492 e. The predicted molar refractivity (Wildman–Crippen MR) is 70.8 cm³/mol. The lowest BCUT2D eigenvalue weighted by atomic mass is 10.1. The Labute approximate surface area is 107 Å². The van der Waals surface area contributed by atoms with Crippen molar-refractivity contribution < 1.29 is 4.74 Å². The van der Waals surface area contributed by atoms with Gasteiger partial charge < -0.3 is 4.74 Å². The molecule has 0 unspecified atom stereocenters. The first kappa shape index (κ1) is 13.4. The molecule has 0 fully saturated rings. The SMILES string of the molecule is C/C=C\CCc1cc(Cl)cc(Cl)c1OCC. The van der Waals surface area contributed by atoms with Crippen LogP contribution in [-0.2, 0) is 6.42 Å². The van der Waals surface area contributed by atoms with Gasteiger partial charge in [0.05, 0.1) is 11.6 Å². The van der Waals surface area contributed by atoms with Crippen molar-refractivity contribution in [1.29, 1.82) is 0 Å². The van der Waals surface area contributed by atoms with Crippen LogP contribution < -0.4 is 4.74 Å². The van der Waals surface area contributed by atoms with E-state index < -0.39 is 0 Å². The highest BCUT2D eigenvalue weighted by Gasteiger charge is 2.09. The molecule has 0 aliphatic rings. The Balaban J connectivity index is 2.93. The van der Waals surface area contributed by atoms with Crippen molar-refractivity contribution in [3.05, 3.63) is 39.9 Å². The minimum absolute atomic E-state index is 0.588. The van der Waals surface area contributed by atoms with Crippen molar-refractivity contribution in [2.24, 2.45) is 0 Å². The first-order valence-corrected chi connectivity index (χ1v) is 6.16. The molecule has 1 rings (SSSR count). The van der Waals surface area contributed by atoms with Crippen LogP contribution in [0.5, 0.6) is 5.75 Å². The van der Waals surface area contributed by atoms with Crippen LogP contribution in [0.3, 0.4) is 0 Å². The third-order valence-corrected chi connectivity index (χ3v) is 2.69. The molecule has 16 heavy (non-hydrogen) atoms. The van der Waals surface area contributed by atoms with Crippen molar-refractivity contribution in [3.8, 4) is 5.75 Å². The van der Waals surface area contributed by atoms with Crippen LogP contribution in [0.4, 0.5) is 0 Å². The quantitative estimate of drug-likeness (QED) is 0.683. The van der Waals surface area contributed by atoms with Gasteiger partial charge in [0.25, 0.3) is 0 Å². The predicted octanol–water partition coefficient (Wildman–Crippen LogP) is 4.90. The molecule has 0 saturated heterocycles. The van der Waals surface area contributed by atoms with E-state index in [0.29, 0.717) is 16.7 Å². The maximum atomic E-state index is 6.10. The molecule has 1 aromatic rings. The van der Waals surface area contributed by atoms with Crippen molar-refractivity contribution in [3.63, 3.8) is 0 Å². The number of benzene rings is 1. The average molecular weight is 259 g/mol. The van der Waals surface area contributed by atoms with Gasteiger partial charge in [-0.05, 0) is 44.4 Å². The summed E-state index contributed by atoms with van der Waals surface area (Å²) in [6.07, 6.45) is 6.00. The van der Waals surface area contributed by atoms with Crippen molar-refractivity contribution in [2.75, 3.05) is 6.61 Å². The minimum Gasteiger partial charge on any atom is -0.492 e. The highest BCUT2D eigenvalue weighted by molar-refractivity contribution is 6.35. The summed E-state index contributed by atoms with van der Waals surface area (Å²) in [5.41, 5.74) is 1.07. The molecule has 0 N–H and O–H groups in total. The van der Waals surface area contributed by atoms with Gasteiger partial charge in [0.1, 0.15) is 5.75 Å². The van der Waals surface area contributed by atoms with Crippen LogP contribution >= 0.6 is 23.2 Å². The second-order valence-corrected chi connectivity index (χ2v) is 4.26. The third-order valence-electron chi connectivity index (χ3n) is 2.19. The van der Waals surface area contributed by atoms with Gasteiger partial charge in [-0.3, -0.25) is 0 Å². The molecule has 1 nitrogen and oxygen atoms in total. The van der Waals surface area contributed by atoms with E-state index in [9.17, 15) is 0 Å². The molecule has 3 heteroatoms. The van der Waals surface area contributed by atoms with Gasteiger partial charge in [0, 0.05) is 5.02 Å². The Kier molecular flexibility index (Phi) is 5.72. The van der Waals surface area contributed by atoms with Crippen molar-refractivity contribution in [1.82, 2.24) is 0 Å². The summed E-state index contributed by atoms with van der Waals surface area (Å²) >= 11 is 12.1. The average Bonchev–Trinajstić information content (AvgIpc) is 2.23. The van der Waals surface area contributed by atoms with E-state index >= 15 is 0 Å². The van der Waals surface area contributed by atoms with Crippen LogP contribution in [0.15, 0.2) is 24.3 Å². The number of aryl methyl sites for hydroxylation is 1. The smallest absolute Gasteiger partial charge is 0.141 e. The number of ether oxygens (including phenoxy) is 1. The lowest BCUT2D eigenvalue weighted by Crippen LogP contribution is -1.97. The summed E-state index contributed by atoms with van der Waals surface area (Å²) in [5, 5.41) is 1.24. The molecule has 88 valence electrons. The number of rotatable bonds is 5. The molecular weight excluding hydrogens is 243 g/mol. The Hall–Kier alpha value is -0.660. The first-order chi connectivity index (χ1) is 7.69. The molecule has 0 aromatic heterocycles. The van der Waals surface area contributed by atoms with E-state index in [2.05, 4.69) is 6.08 Å². The highest BCUT2D eigenvalue weighted by Crippen LogP contribution is 2.33. The molecular formula is C13H16Cl2O. The normalized spacial score (nSPS) is 11.0. The fraction of sp³-hybridized carbons (Fsp3) is 0.385. The molecule has 0 spiro atoms. The second kappa shape index (κ2) is 6.82. The van der Waals surface area contributed by atoms with Crippen LogP contribution in [-0.4, -0.2) is 6.61 Å². The summed E-state index contributed by atoms with van der Waals surface area (Å²) in [5.74, 6) is 0.762. The molecule has 0 saturated carbocycles. The summed E-state index contributed by atoms with van der Waals surface area (Å²) in [6.45, 7) is 4.56. The van der Waals surface area contributed by atoms with Gasteiger partial charge in [0.15, 0.2) is 0 Å². The number of hydrogen-bond donors (Lipinski definition) is 0. The molecule has 0 bridgehead atoms. The van der Waals surface area contributed by atoms with Gasteiger partial charge in [-0.1, -0.05) is 35.4 Å². The fourth-order valence-electron chi connectivity index (χ4n) is 1.51. The van der Waals surface area contributed by atoms with Crippen LogP contribution in [0.25, 0.3) is 0 Å². The van der Waals surface area contributed by atoms with E-state index in [1.165, 1.54) is 0 Å². The Bertz CT molecular complexity index is 372. The first-order valence-electron chi connectivity index (χ1n) is 5.41. The van der Waals surface area contributed by atoms with Gasteiger partial charge >= 0.3 is 0 Å². The second-order valence-electron chi connectivity index (χ2n) is 3.42. The summed E-state index contributed by atoms with van der Waals surface area (Å²) in [7, 11) is 0. The summed E-state index contributed by atoms with van der Waals surface area (Å²) < 4.78 is 5.54. The third kappa shape index (κ3) is 3.73. The Morgan fingerprint density at radius 2 is 2.06 bits per heavy atom. The van der Waals surface area contributed by atoms with Crippen LogP contribution in [0.1, 0.15) is 25.8 Å². The van der Waals surface area contributed by atoms with Crippen LogP contribution in [0.2, 0.25) is 10.0 Å². The van der Waals surface area contributed by atoms with E-state index in [0.717, 1.165) is 24.2 Å². The molecule has 0 aliphatic carbocycles. The molecule has 0 radical (unpaired) electrons. The van der Waals surface area contributed by atoms with Gasteiger partial charge in [-0.15, -0.1) is 0 Å². The summed E-state index contributed by atoms with van der Waals surface area (Å²) in [4.78, 5) is 0. The van der Waals surface area contributed by atoms with Crippen LogP contribution in [0, 0.1) is 0 Å². The fourth-order valence-corrected chi connectivity index (χ4v) is 2.10. The van der Waals surface area contributed by atoms with E-state index in [1.807, 2.05) is 26.0 Å². The van der Waals surface area contributed by atoms with Gasteiger partial charge in [-0.25, -0.2) is 0 Å². The van der Waals surface area contributed by atoms with E-state index in [-0.39, 0.29) is 0 Å².